The van der Waals surface area contributed by atoms with Crippen LogP contribution in [0.1, 0.15) is 12.5 Å². The van der Waals surface area contributed by atoms with Gasteiger partial charge >= 0.3 is 0 Å². The van der Waals surface area contributed by atoms with Crippen molar-refractivity contribution < 1.29 is 4.92 Å². The van der Waals surface area contributed by atoms with Crippen LogP contribution in [0.25, 0.3) is 6.08 Å². The van der Waals surface area contributed by atoms with Crippen molar-refractivity contribution in [2.45, 2.75) is 6.92 Å². The van der Waals surface area contributed by atoms with E-state index in [4.69, 9.17) is 0 Å². The molecule has 1 aromatic rings. The molecule has 0 bridgehead atoms. The third-order valence-electron chi connectivity index (χ3n) is 1.61. The highest BCUT2D eigenvalue weighted by molar-refractivity contribution is 9.13. The van der Waals surface area contributed by atoms with Crippen molar-refractivity contribution in [1.29, 1.82) is 0 Å². The Bertz CT molecular complexity index is 402. The zero-order valence-corrected chi connectivity index (χ0v) is 10.5. The lowest BCUT2D eigenvalue weighted by molar-refractivity contribution is -0.422. The summed E-state index contributed by atoms with van der Waals surface area (Å²) in [6.07, 6.45) is 1.52. The highest BCUT2D eigenvalue weighted by atomic mass is 79.9. The van der Waals surface area contributed by atoms with E-state index in [1.807, 2.05) is 18.2 Å². The molecule has 0 unspecified atom stereocenters. The van der Waals surface area contributed by atoms with Gasteiger partial charge in [0.1, 0.15) is 0 Å². The van der Waals surface area contributed by atoms with E-state index in [-0.39, 0.29) is 5.70 Å². The molecule has 0 fully saturated rings. The standard InChI is InChI=1S/C9H7Br2NO2/c1-6(12(13)14)4-7-2-3-8(10)9(11)5-7/h2-5H,1H3/b6-4-. The molecule has 0 saturated carbocycles. The quantitative estimate of drug-likeness (QED) is 0.613. The number of allylic oxidation sites excluding steroid dienone is 1. The second-order valence-electron chi connectivity index (χ2n) is 2.72. The van der Waals surface area contributed by atoms with Crippen LogP contribution >= 0.6 is 31.9 Å². The van der Waals surface area contributed by atoms with Crippen LogP contribution in [0.2, 0.25) is 0 Å². The Labute approximate surface area is 98.2 Å². The van der Waals surface area contributed by atoms with E-state index < -0.39 is 4.92 Å². The Morgan fingerprint density at radius 1 is 1.43 bits per heavy atom. The van der Waals surface area contributed by atoms with Gasteiger partial charge in [-0.05, 0) is 49.6 Å². The van der Waals surface area contributed by atoms with E-state index in [9.17, 15) is 10.1 Å². The SMILES string of the molecule is C/C(=C/c1ccc(Br)c(Br)c1)[N+](=O)[O-]. The molecule has 0 aliphatic rings. The second kappa shape index (κ2) is 4.70. The zero-order chi connectivity index (χ0) is 10.7. The van der Waals surface area contributed by atoms with Crippen molar-refractivity contribution in [3.63, 3.8) is 0 Å². The molecule has 0 aromatic heterocycles. The normalized spacial score (nSPS) is 11.5. The number of nitrogens with zero attached hydrogens (tertiary/aromatic N) is 1. The molecule has 0 amide bonds. The predicted octanol–water partition coefficient (Wildman–Crippen LogP) is 3.85. The van der Waals surface area contributed by atoms with Crippen molar-refractivity contribution in [2.75, 3.05) is 0 Å². The monoisotopic (exact) mass is 319 g/mol. The van der Waals surface area contributed by atoms with Crippen LogP contribution in [-0.2, 0) is 0 Å². The van der Waals surface area contributed by atoms with E-state index >= 15 is 0 Å². The highest BCUT2D eigenvalue weighted by Gasteiger charge is 2.03. The summed E-state index contributed by atoms with van der Waals surface area (Å²) < 4.78 is 1.80. The molecule has 3 nitrogen and oxygen atoms in total. The minimum Gasteiger partial charge on any atom is -0.259 e. The van der Waals surface area contributed by atoms with Gasteiger partial charge < -0.3 is 0 Å². The van der Waals surface area contributed by atoms with E-state index in [2.05, 4.69) is 31.9 Å². The first kappa shape index (κ1) is 11.4. The molecule has 0 heterocycles. The molecule has 1 rings (SSSR count). The van der Waals surface area contributed by atoms with Crippen LogP contribution in [-0.4, -0.2) is 4.92 Å². The third-order valence-corrected chi connectivity index (χ3v) is 3.49. The van der Waals surface area contributed by atoms with Crippen LogP contribution in [0.15, 0.2) is 32.8 Å². The smallest absolute Gasteiger partial charge is 0.243 e. The van der Waals surface area contributed by atoms with Gasteiger partial charge in [-0.15, -0.1) is 0 Å². The van der Waals surface area contributed by atoms with Gasteiger partial charge in [-0.2, -0.15) is 0 Å². The van der Waals surface area contributed by atoms with E-state index in [0.29, 0.717) is 0 Å². The minimum atomic E-state index is -0.407. The molecule has 0 spiro atoms. The predicted molar refractivity (Wildman–Crippen MR) is 62.5 cm³/mol. The summed E-state index contributed by atoms with van der Waals surface area (Å²) in [6, 6.07) is 5.46. The van der Waals surface area contributed by atoms with Crippen LogP contribution in [0, 0.1) is 10.1 Å². The maximum absolute atomic E-state index is 10.4. The number of hydrogen-bond acceptors (Lipinski definition) is 2. The van der Waals surface area contributed by atoms with Crippen LogP contribution in [0.4, 0.5) is 0 Å². The maximum Gasteiger partial charge on any atom is 0.243 e. The first-order chi connectivity index (χ1) is 6.50. The first-order valence-corrected chi connectivity index (χ1v) is 5.37. The molecule has 1 aromatic carbocycles. The number of benzene rings is 1. The maximum atomic E-state index is 10.4. The van der Waals surface area contributed by atoms with E-state index in [1.165, 1.54) is 13.0 Å². The van der Waals surface area contributed by atoms with Crippen molar-refractivity contribution in [1.82, 2.24) is 0 Å². The van der Waals surface area contributed by atoms with Crippen LogP contribution < -0.4 is 0 Å². The van der Waals surface area contributed by atoms with Gasteiger partial charge in [0.05, 0.1) is 4.92 Å². The lowest BCUT2D eigenvalue weighted by atomic mass is 10.2. The average Bonchev–Trinajstić information content (AvgIpc) is 2.11. The molecule has 14 heavy (non-hydrogen) atoms. The molecule has 0 aliphatic carbocycles. The number of rotatable bonds is 2. The number of nitro groups is 1. The molecule has 0 atom stereocenters. The van der Waals surface area contributed by atoms with E-state index in [0.717, 1.165) is 14.5 Å². The molecule has 0 N–H and O–H groups in total. The average molecular weight is 321 g/mol. The molecular formula is C9H7Br2NO2. The fourth-order valence-corrected chi connectivity index (χ4v) is 1.54. The zero-order valence-electron chi connectivity index (χ0n) is 7.33. The molecular weight excluding hydrogens is 314 g/mol. The second-order valence-corrected chi connectivity index (χ2v) is 4.43. The van der Waals surface area contributed by atoms with Gasteiger partial charge in [0.25, 0.3) is 0 Å². The van der Waals surface area contributed by atoms with Gasteiger partial charge in [0.2, 0.25) is 5.70 Å². The van der Waals surface area contributed by atoms with Crippen molar-refractivity contribution in [3.8, 4) is 0 Å². The summed E-state index contributed by atoms with van der Waals surface area (Å²) in [4.78, 5) is 9.97. The first-order valence-electron chi connectivity index (χ1n) is 3.78. The van der Waals surface area contributed by atoms with Crippen LogP contribution in [0.5, 0.6) is 0 Å². The lowest BCUT2D eigenvalue weighted by Gasteiger charge is -1.97. The molecule has 5 heteroatoms. The fourth-order valence-electron chi connectivity index (χ4n) is 0.896. The van der Waals surface area contributed by atoms with Gasteiger partial charge in [0.15, 0.2) is 0 Å². The summed E-state index contributed by atoms with van der Waals surface area (Å²) in [5.74, 6) is 0. The summed E-state index contributed by atoms with van der Waals surface area (Å²) >= 11 is 6.65. The fraction of sp³-hybridized carbons (Fsp3) is 0.111. The van der Waals surface area contributed by atoms with Gasteiger partial charge in [0, 0.05) is 21.9 Å². The number of hydrogen-bond donors (Lipinski definition) is 0. The largest absolute Gasteiger partial charge is 0.259 e. The van der Waals surface area contributed by atoms with E-state index in [1.54, 1.807) is 0 Å². The Balaban J connectivity index is 3.04. The Morgan fingerprint density at radius 3 is 2.57 bits per heavy atom. The van der Waals surface area contributed by atoms with Gasteiger partial charge in [-0.1, -0.05) is 6.07 Å². The molecule has 0 aliphatic heterocycles. The topological polar surface area (TPSA) is 43.1 Å². The van der Waals surface area contributed by atoms with Gasteiger partial charge in [-0.3, -0.25) is 10.1 Å². The lowest BCUT2D eigenvalue weighted by Crippen LogP contribution is -1.92. The van der Waals surface area contributed by atoms with Crippen LogP contribution in [0.3, 0.4) is 0 Å². The minimum absolute atomic E-state index is 0.124. The summed E-state index contributed by atoms with van der Waals surface area (Å²) in [6.45, 7) is 1.47. The summed E-state index contributed by atoms with van der Waals surface area (Å²) in [5.41, 5.74) is 0.925. The molecule has 0 saturated heterocycles. The number of halogens is 2. The van der Waals surface area contributed by atoms with Crippen molar-refractivity contribution >= 4 is 37.9 Å². The Hall–Kier alpha value is -0.680. The molecule has 0 radical (unpaired) electrons. The molecule has 74 valence electrons. The van der Waals surface area contributed by atoms with Crippen molar-refractivity contribution in [2.24, 2.45) is 0 Å². The van der Waals surface area contributed by atoms with Gasteiger partial charge in [-0.25, -0.2) is 0 Å². The Kier molecular flexibility index (Phi) is 3.83. The third kappa shape index (κ3) is 2.92. The highest BCUT2D eigenvalue weighted by Crippen LogP contribution is 2.24. The summed E-state index contributed by atoms with van der Waals surface area (Å²) in [5, 5.41) is 10.4. The van der Waals surface area contributed by atoms with Crippen molar-refractivity contribution in [3.05, 3.63) is 48.5 Å². The Morgan fingerprint density at radius 2 is 2.07 bits per heavy atom. The summed E-state index contributed by atoms with van der Waals surface area (Å²) in [7, 11) is 0.